The Balaban J connectivity index is 2.09. The zero-order chi connectivity index (χ0) is 12.9. The highest BCUT2D eigenvalue weighted by Gasteiger charge is 2.07. The van der Waals surface area contributed by atoms with Gasteiger partial charge in [0.2, 0.25) is 0 Å². The fraction of sp³-hybridized carbons (Fsp3) is 0.692. The van der Waals surface area contributed by atoms with Crippen molar-refractivity contribution >= 4 is 27.3 Å². The van der Waals surface area contributed by atoms with Gasteiger partial charge in [-0.25, -0.2) is 0 Å². The molecule has 1 aromatic rings. The SMILES string of the molecule is Cc1cc(CCOCCNC(C)(C)C)sc1Br. The van der Waals surface area contributed by atoms with Gasteiger partial charge < -0.3 is 10.1 Å². The Labute approximate surface area is 117 Å². The summed E-state index contributed by atoms with van der Waals surface area (Å²) in [6, 6.07) is 2.23. The Morgan fingerprint density at radius 2 is 2.06 bits per heavy atom. The molecule has 0 atom stereocenters. The maximum atomic E-state index is 5.61. The third-order valence-corrected chi connectivity index (χ3v) is 4.50. The summed E-state index contributed by atoms with van der Waals surface area (Å²) in [7, 11) is 0. The molecule has 0 saturated heterocycles. The van der Waals surface area contributed by atoms with Crippen LogP contribution in [0.3, 0.4) is 0 Å². The Morgan fingerprint density at radius 1 is 1.35 bits per heavy atom. The van der Waals surface area contributed by atoms with Crippen molar-refractivity contribution in [1.29, 1.82) is 0 Å². The summed E-state index contributed by atoms with van der Waals surface area (Å²) in [5.41, 5.74) is 1.50. The van der Waals surface area contributed by atoms with Crippen molar-refractivity contribution in [3.63, 3.8) is 0 Å². The summed E-state index contributed by atoms with van der Waals surface area (Å²) in [5, 5.41) is 3.40. The minimum absolute atomic E-state index is 0.180. The molecule has 17 heavy (non-hydrogen) atoms. The van der Waals surface area contributed by atoms with E-state index in [4.69, 9.17) is 4.74 Å². The smallest absolute Gasteiger partial charge is 0.0730 e. The molecule has 0 aliphatic rings. The van der Waals surface area contributed by atoms with Crippen LogP contribution in [-0.2, 0) is 11.2 Å². The van der Waals surface area contributed by atoms with Gasteiger partial charge in [-0.1, -0.05) is 0 Å². The van der Waals surface area contributed by atoms with Crippen molar-refractivity contribution in [3.8, 4) is 0 Å². The summed E-state index contributed by atoms with van der Waals surface area (Å²) in [6.07, 6.45) is 1.01. The second-order valence-electron chi connectivity index (χ2n) is 5.21. The first kappa shape index (κ1) is 15.2. The van der Waals surface area contributed by atoms with Gasteiger partial charge in [0, 0.05) is 23.4 Å². The first-order valence-corrected chi connectivity index (χ1v) is 7.57. The van der Waals surface area contributed by atoms with Crippen molar-refractivity contribution < 1.29 is 4.74 Å². The number of thiophene rings is 1. The van der Waals surface area contributed by atoms with Crippen LogP contribution in [0.5, 0.6) is 0 Å². The Hall–Kier alpha value is 0.100. The van der Waals surface area contributed by atoms with Gasteiger partial charge in [-0.05, 0) is 55.3 Å². The van der Waals surface area contributed by atoms with Crippen LogP contribution in [0, 0.1) is 6.92 Å². The van der Waals surface area contributed by atoms with E-state index in [9.17, 15) is 0 Å². The Bertz CT molecular complexity index is 324. The van der Waals surface area contributed by atoms with E-state index >= 15 is 0 Å². The molecule has 0 amide bonds. The van der Waals surface area contributed by atoms with Crippen LogP contribution in [0.25, 0.3) is 0 Å². The molecule has 0 spiro atoms. The number of aryl methyl sites for hydroxylation is 1. The molecular weight excluding hydrogens is 298 g/mol. The molecule has 0 radical (unpaired) electrons. The number of hydrogen-bond donors (Lipinski definition) is 1. The molecule has 0 fully saturated rings. The summed E-state index contributed by atoms with van der Waals surface area (Å²) >= 11 is 5.34. The standard InChI is InChI=1S/C13H22BrNOS/c1-10-9-11(17-12(10)14)5-7-16-8-6-15-13(2,3)4/h9,15H,5-8H2,1-4H3. The molecule has 2 nitrogen and oxygen atoms in total. The number of halogens is 1. The quantitative estimate of drug-likeness (QED) is 0.806. The molecular formula is C13H22BrNOS. The predicted octanol–water partition coefficient (Wildman–Crippen LogP) is 3.77. The number of nitrogens with one attached hydrogen (secondary N) is 1. The topological polar surface area (TPSA) is 21.3 Å². The highest BCUT2D eigenvalue weighted by Crippen LogP contribution is 2.27. The molecule has 98 valence electrons. The monoisotopic (exact) mass is 319 g/mol. The second kappa shape index (κ2) is 6.88. The molecule has 1 rings (SSSR count). The van der Waals surface area contributed by atoms with Gasteiger partial charge in [-0.2, -0.15) is 0 Å². The van der Waals surface area contributed by atoms with Crippen LogP contribution in [0.15, 0.2) is 9.85 Å². The first-order valence-electron chi connectivity index (χ1n) is 5.96. The van der Waals surface area contributed by atoms with E-state index in [0.717, 1.165) is 26.2 Å². The Kier molecular flexibility index (Phi) is 6.13. The van der Waals surface area contributed by atoms with Gasteiger partial charge in [-0.3, -0.25) is 0 Å². The highest BCUT2D eigenvalue weighted by atomic mass is 79.9. The number of rotatable bonds is 6. The molecule has 0 aliphatic carbocycles. The summed E-state index contributed by atoms with van der Waals surface area (Å²) in [5.74, 6) is 0. The van der Waals surface area contributed by atoms with Gasteiger partial charge >= 0.3 is 0 Å². The molecule has 0 unspecified atom stereocenters. The van der Waals surface area contributed by atoms with Crippen LogP contribution < -0.4 is 5.32 Å². The van der Waals surface area contributed by atoms with Crippen molar-refractivity contribution in [2.24, 2.45) is 0 Å². The maximum absolute atomic E-state index is 5.61. The second-order valence-corrected chi connectivity index (χ2v) is 7.66. The fourth-order valence-electron chi connectivity index (χ4n) is 1.42. The van der Waals surface area contributed by atoms with Gasteiger partial charge in [0.1, 0.15) is 0 Å². The van der Waals surface area contributed by atoms with Gasteiger partial charge in [0.05, 0.1) is 17.0 Å². The molecule has 0 aromatic carbocycles. The molecule has 1 heterocycles. The van der Waals surface area contributed by atoms with E-state index < -0.39 is 0 Å². The van der Waals surface area contributed by atoms with Crippen LogP contribution in [0.1, 0.15) is 31.2 Å². The van der Waals surface area contributed by atoms with Crippen LogP contribution in [-0.4, -0.2) is 25.3 Å². The van der Waals surface area contributed by atoms with Crippen molar-refractivity contribution in [2.75, 3.05) is 19.8 Å². The minimum atomic E-state index is 0.180. The molecule has 0 aliphatic heterocycles. The molecule has 0 saturated carbocycles. The summed E-state index contributed by atoms with van der Waals surface area (Å²) in [4.78, 5) is 1.39. The maximum Gasteiger partial charge on any atom is 0.0730 e. The summed E-state index contributed by atoms with van der Waals surface area (Å²) in [6.45, 7) is 11.1. The normalized spacial score (nSPS) is 12.1. The lowest BCUT2D eigenvalue weighted by molar-refractivity contribution is 0.134. The van der Waals surface area contributed by atoms with E-state index in [1.54, 1.807) is 11.3 Å². The summed E-state index contributed by atoms with van der Waals surface area (Å²) < 4.78 is 6.85. The van der Waals surface area contributed by atoms with Gasteiger partial charge in [-0.15, -0.1) is 11.3 Å². The lowest BCUT2D eigenvalue weighted by Crippen LogP contribution is -2.38. The molecule has 1 aromatic heterocycles. The van der Waals surface area contributed by atoms with Crippen LogP contribution in [0.2, 0.25) is 0 Å². The minimum Gasteiger partial charge on any atom is -0.380 e. The van der Waals surface area contributed by atoms with Crippen molar-refractivity contribution in [3.05, 3.63) is 20.3 Å². The third kappa shape index (κ3) is 6.55. The third-order valence-electron chi connectivity index (χ3n) is 2.30. The lowest BCUT2D eigenvalue weighted by Gasteiger charge is -2.20. The van der Waals surface area contributed by atoms with Crippen LogP contribution in [0.4, 0.5) is 0 Å². The number of hydrogen-bond acceptors (Lipinski definition) is 3. The van der Waals surface area contributed by atoms with E-state index in [0.29, 0.717) is 0 Å². The van der Waals surface area contributed by atoms with E-state index in [1.165, 1.54) is 14.2 Å². The first-order chi connectivity index (χ1) is 7.88. The highest BCUT2D eigenvalue weighted by molar-refractivity contribution is 9.11. The average molecular weight is 320 g/mol. The van der Waals surface area contributed by atoms with Gasteiger partial charge in [0.15, 0.2) is 0 Å². The lowest BCUT2D eigenvalue weighted by atomic mass is 10.1. The van der Waals surface area contributed by atoms with Crippen molar-refractivity contribution in [1.82, 2.24) is 5.32 Å². The average Bonchev–Trinajstić information content (AvgIpc) is 2.50. The Morgan fingerprint density at radius 3 is 2.59 bits per heavy atom. The zero-order valence-corrected chi connectivity index (χ0v) is 13.5. The number of ether oxygens (including phenoxy) is 1. The van der Waals surface area contributed by atoms with E-state index in [-0.39, 0.29) is 5.54 Å². The van der Waals surface area contributed by atoms with Gasteiger partial charge in [0.25, 0.3) is 0 Å². The van der Waals surface area contributed by atoms with E-state index in [1.807, 2.05) is 0 Å². The molecule has 0 bridgehead atoms. The molecule has 1 N–H and O–H groups in total. The van der Waals surface area contributed by atoms with Crippen LogP contribution >= 0.6 is 27.3 Å². The fourth-order valence-corrected chi connectivity index (χ4v) is 3.03. The zero-order valence-electron chi connectivity index (χ0n) is 11.1. The van der Waals surface area contributed by atoms with Crippen molar-refractivity contribution in [2.45, 2.75) is 39.7 Å². The van der Waals surface area contributed by atoms with E-state index in [2.05, 4.69) is 55.0 Å². The molecule has 4 heteroatoms. The largest absolute Gasteiger partial charge is 0.380 e. The predicted molar refractivity (Wildman–Crippen MR) is 79.0 cm³/mol.